The number of carbonyl (C=O) groups excluding carboxylic acids is 1. The lowest BCUT2D eigenvalue weighted by molar-refractivity contribution is -0.113. The van der Waals surface area contributed by atoms with E-state index in [0.29, 0.717) is 19.0 Å². The second-order valence-corrected chi connectivity index (χ2v) is 3.77. The summed E-state index contributed by atoms with van der Waals surface area (Å²) in [6, 6.07) is 1.80. The van der Waals surface area contributed by atoms with Crippen molar-refractivity contribution >= 4 is 23.3 Å². The summed E-state index contributed by atoms with van der Waals surface area (Å²) >= 11 is 5.38. The number of halogens is 1. The van der Waals surface area contributed by atoms with Gasteiger partial charge in [0.15, 0.2) is 5.82 Å². The van der Waals surface area contributed by atoms with Gasteiger partial charge in [-0.05, 0) is 6.92 Å². The zero-order valence-corrected chi connectivity index (χ0v) is 9.12. The monoisotopic (exact) mass is 229 g/mol. The summed E-state index contributed by atoms with van der Waals surface area (Å²) in [6.07, 6.45) is 0.161. The topological polar surface area (TPSA) is 56.2 Å². The van der Waals surface area contributed by atoms with E-state index >= 15 is 0 Å². The molecule has 15 heavy (non-hydrogen) atoms. The van der Waals surface area contributed by atoms with Gasteiger partial charge in [0.05, 0.1) is 24.9 Å². The van der Waals surface area contributed by atoms with E-state index in [4.69, 9.17) is 16.3 Å². The Morgan fingerprint density at radius 2 is 2.67 bits per heavy atom. The molecule has 0 aliphatic carbocycles. The summed E-state index contributed by atoms with van der Waals surface area (Å²) in [5.41, 5.74) is 0.970. The fraction of sp³-hybridized carbons (Fsp3) is 0.556. The molecule has 1 aliphatic rings. The Hall–Kier alpha value is -1.07. The Balaban J connectivity index is 2.12. The van der Waals surface area contributed by atoms with Crippen LogP contribution in [0.4, 0.5) is 5.82 Å². The van der Waals surface area contributed by atoms with E-state index in [-0.39, 0.29) is 17.9 Å². The van der Waals surface area contributed by atoms with E-state index in [2.05, 4.69) is 10.4 Å². The molecule has 0 saturated carbocycles. The number of amides is 1. The first kappa shape index (κ1) is 10.4. The first-order valence-corrected chi connectivity index (χ1v) is 5.26. The van der Waals surface area contributed by atoms with Crippen molar-refractivity contribution in [1.29, 1.82) is 0 Å². The molecule has 6 heteroatoms. The number of nitrogens with zero attached hydrogens (tertiary/aromatic N) is 2. The molecule has 5 nitrogen and oxygen atoms in total. The molecule has 0 radical (unpaired) electrons. The molecule has 82 valence electrons. The maximum atomic E-state index is 11.0. The highest BCUT2D eigenvalue weighted by Crippen LogP contribution is 2.17. The second-order valence-electron chi connectivity index (χ2n) is 3.51. The van der Waals surface area contributed by atoms with Crippen LogP contribution in [-0.4, -0.2) is 27.7 Å². The van der Waals surface area contributed by atoms with E-state index in [9.17, 15) is 4.79 Å². The number of rotatable bonds is 2. The lowest BCUT2D eigenvalue weighted by Crippen LogP contribution is -2.25. The van der Waals surface area contributed by atoms with Crippen molar-refractivity contribution in [3.8, 4) is 0 Å². The number of aromatic nitrogens is 2. The molecule has 0 bridgehead atoms. The summed E-state index contributed by atoms with van der Waals surface area (Å²) in [7, 11) is 0. The Kier molecular flexibility index (Phi) is 2.93. The average molecular weight is 230 g/mol. The number of carbonyl (C=O) groups is 1. The summed E-state index contributed by atoms with van der Waals surface area (Å²) in [4.78, 5) is 11.0. The molecule has 1 aromatic rings. The van der Waals surface area contributed by atoms with Crippen molar-refractivity contribution in [2.24, 2.45) is 0 Å². The lowest BCUT2D eigenvalue weighted by atomic mass is 10.3. The number of hydrogen-bond donors (Lipinski definition) is 1. The predicted molar refractivity (Wildman–Crippen MR) is 55.8 cm³/mol. The normalized spacial score (nSPS) is 19.7. The quantitative estimate of drug-likeness (QED) is 0.770. The number of anilines is 1. The number of nitrogens with one attached hydrogen (secondary N) is 1. The average Bonchev–Trinajstić information content (AvgIpc) is 2.59. The summed E-state index contributed by atoms with van der Waals surface area (Å²) in [5.74, 6) is 0.226. The maximum absolute atomic E-state index is 11.0. The van der Waals surface area contributed by atoms with Gasteiger partial charge in [-0.2, -0.15) is 5.10 Å². The fourth-order valence-electron chi connectivity index (χ4n) is 1.49. The van der Waals surface area contributed by atoms with Gasteiger partial charge in [-0.25, -0.2) is 0 Å². The van der Waals surface area contributed by atoms with Crippen LogP contribution in [0.3, 0.4) is 0 Å². The van der Waals surface area contributed by atoms with Crippen LogP contribution in [0.1, 0.15) is 12.6 Å². The summed E-state index contributed by atoms with van der Waals surface area (Å²) in [6.45, 7) is 3.23. The molecule has 2 heterocycles. The third-order valence-electron chi connectivity index (χ3n) is 2.20. The van der Waals surface area contributed by atoms with Crippen molar-refractivity contribution in [3.63, 3.8) is 0 Å². The summed E-state index contributed by atoms with van der Waals surface area (Å²) < 4.78 is 7.29. The van der Waals surface area contributed by atoms with Gasteiger partial charge in [0.2, 0.25) is 5.91 Å². The van der Waals surface area contributed by atoms with Crippen LogP contribution >= 0.6 is 11.6 Å². The molecule has 1 atom stereocenters. The fourth-order valence-corrected chi connectivity index (χ4v) is 1.56. The van der Waals surface area contributed by atoms with Crippen molar-refractivity contribution in [3.05, 3.63) is 11.8 Å². The van der Waals surface area contributed by atoms with Gasteiger partial charge in [0, 0.05) is 6.07 Å². The minimum atomic E-state index is -0.249. The highest BCUT2D eigenvalue weighted by Gasteiger charge is 2.17. The minimum Gasteiger partial charge on any atom is -0.370 e. The van der Waals surface area contributed by atoms with E-state index < -0.39 is 0 Å². The van der Waals surface area contributed by atoms with Crippen LogP contribution in [0.15, 0.2) is 6.07 Å². The van der Waals surface area contributed by atoms with Crippen LogP contribution in [0.5, 0.6) is 0 Å². The molecule has 0 saturated heterocycles. The molecule has 1 aromatic heterocycles. The molecule has 0 aromatic carbocycles. The van der Waals surface area contributed by atoms with Crippen LogP contribution in [0.2, 0.25) is 0 Å². The zero-order chi connectivity index (χ0) is 10.8. The van der Waals surface area contributed by atoms with Crippen LogP contribution in [-0.2, 0) is 22.7 Å². The Morgan fingerprint density at radius 3 is 3.40 bits per heavy atom. The smallest absolute Gasteiger partial charge is 0.240 e. The highest BCUT2D eigenvalue weighted by molar-refractivity contribution is 6.28. The number of hydrogen-bond acceptors (Lipinski definition) is 3. The molecule has 0 spiro atoms. The number of alkyl halides is 1. The maximum Gasteiger partial charge on any atom is 0.240 e. The van der Waals surface area contributed by atoms with Crippen molar-refractivity contribution in [2.45, 2.75) is 26.2 Å². The molecule has 1 unspecified atom stereocenters. The van der Waals surface area contributed by atoms with Gasteiger partial charge in [-0.3, -0.25) is 9.48 Å². The standard InChI is InChI=1S/C9H12ClN3O2/c1-6-4-13-7(5-15-6)2-8(12-13)11-9(14)3-10/h2,6H,3-5H2,1H3,(H,11,12,14). The SMILES string of the molecule is CC1Cn2nc(NC(=O)CCl)cc2CO1. The van der Waals surface area contributed by atoms with Crippen LogP contribution in [0.25, 0.3) is 0 Å². The van der Waals surface area contributed by atoms with E-state index in [1.54, 1.807) is 6.07 Å². The third kappa shape index (κ3) is 2.30. The van der Waals surface area contributed by atoms with E-state index in [0.717, 1.165) is 5.69 Å². The van der Waals surface area contributed by atoms with Gasteiger partial charge in [0.1, 0.15) is 5.88 Å². The molecule has 0 fully saturated rings. The Labute approximate surface area is 92.4 Å². The first-order valence-electron chi connectivity index (χ1n) is 4.73. The van der Waals surface area contributed by atoms with Crippen molar-refractivity contribution in [1.82, 2.24) is 9.78 Å². The van der Waals surface area contributed by atoms with Crippen molar-refractivity contribution in [2.75, 3.05) is 11.2 Å². The minimum absolute atomic E-state index is 0.0604. The molecular formula is C9H12ClN3O2. The highest BCUT2D eigenvalue weighted by atomic mass is 35.5. The van der Waals surface area contributed by atoms with Crippen molar-refractivity contribution < 1.29 is 9.53 Å². The van der Waals surface area contributed by atoms with Gasteiger partial charge >= 0.3 is 0 Å². The third-order valence-corrected chi connectivity index (χ3v) is 2.44. The Morgan fingerprint density at radius 1 is 1.87 bits per heavy atom. The van der Waals surface area contributed by atoms with Crippen LogP contribution in [0, 0.1) is 0 Å². The first-order chi connectivity index (χ1) is 7.19. The predicted octanol–water partition coefficient (Wildman–Crippen LogP) is 0.979. The van der Waals surface area contributed by atoms with Gasteiger partial charge in [-0.15, -0.1) is 11.6 Å². The van der Waals surface area contributed by atoms with Gasteiger partial charge in [-0.1, -0.05) is 0 Å². The molecule has 1 amide bonds. The van der Waals surface area contributed by atoms with Gasteiger partial charge < -0.3 is 10.1 Å². The Bertz CT molecular complexity index is 377. The van der Waals surface area contributed by atoms with Crippen LogP contribution < -0.4 is 5.32 Å². The molecule has 1 N–H and O–H groups in total. The van der Waals surface area contributed by atoms with E-state index in [1.165, 1.54) is 0 Å². The zero-order valence-electron chi connectivity index (χ0n) is 8.36. The number of fused-ring (bicyclic) bond motifs is 1. The molecule has 2 rings (SSSR count). The lowest BCUT2D eigenvalue weighted by Gasteiger charge is -2.20. The second kappa shape index (κ2) is 4.20. The molecule has 1 aliphatic heterocycles. The summed E-state index contributed by atoms with van der Waals surface area (Å²) in [5, 5.41) is 6.84. The number of ether oxygens (including phenoxy) is 1. The molecular weight excluding hydrogens is 218 g/mol. The van der Waals surface area contributed by atoms with Gasteiger partial charge in [0.25, 0.3) is 0 Å². The van der Waals surface area contributed by atoms with E-state index in [1.807, 2.05) is 11.6 Å². The largest absolute Gasteiger partial charge is 0.370 e.